The summed E-state index contributed by atoms with van der Waals surface area (Å²) in [6.07, 6.45) is 41.4. The summed E-state index contributed by atoms with van der Waals surface area (Å²) >= 11 is 0. The van der Waals surface area contributed by atoms with Gasteiger partial charge in [0.05, 0.1) is 126 Å². The van der Waals surface area contributed by atoms with Crippen molar-refractivity contribution in [3.05, 3.63) is 200 Å². The number of rotatable bonds is 22. The minimum absolute atomic E-state index is 0.0429. The van der Waals surface area contributed by atoms with E-state index in [4.69, 9.17) is 19.9 Å². The van der Waals surface area contributed by atoms with Gasteiger partial charge >= 0.3 is 0 Å². The molecule has 0 aliphatic carbocycles. The van der Waals surface area contributed by atoms with Gasteiger partial charge in [-0.1, -0.05) is 47.6 Å². The Bertz CT molecular complexity index is 8470. The fraction of sp³-hybridized carbons (Fsp3) is 0.269. The lowest BCUT2D eigenvalue weighted by Crippen LogP contribution is -2.27. The highest BCUT2D eigenvalue weighted by Gasteiger charge is 2.31. The van der Waals surface area contributed by atoms with Crippen LogP contribution in [0.15, 0.2) is 172 Å². The number of fused-ring (bicyclic) bond motifs is 8. The molecule has 24 heterocycles. The predicted molar refractivity (Wildman–Crippen MR) is 550 cm³/mol. The average molecular weight is 1970 g/mol. The molecule has 24 rings (SSSR count). The number of H-pyrrole nitrogens is 8. The Kier molecular flexibility index (Phi) is 26.6. The first-order valence-electron chi connectivity index (χ1n) is 48.8. The molecule has 0 spiro atoms. The number of pyridine rings is 12. The Morgan fingerprint density at radius 3 is 0.905 bits per heavy atom. The molecule has 7 amide bonds. The van der Waals surface area contributed by atoms with Crippen LogP contribution in [0.1, 0.15) is 159 Å². The second kappa shape index (κ2) is 41.2. The third kappa shape index (κ3) is 19.9. The third-order valence-corrected chi connectivity index (χ3v) is 26.1. The summed E-state index contributed by atoms with van der Waals surface area (Å²) < 4.78 is 0. The van der Waals surface area contributed by atoms with Gasteiger partial charge in [0.1, 0.15) is 50.6 Å². The van der Waals surface area contributed by atoms with Gasteiger partial charge in [0, 0.05) is 209 Å². The largest absolute Gasteiger partial charge is 0.339 e. The van der Waals surface area contributed by atoms with E-state index < -0.39 is 0 Å². The lowest BCUT2D eigenvalue weighted by molar-refractivity contribution is -0.119. The van der Waals surface area contributed by atoms with E-state index in [0.717, 1.165) is 175 Å². The number of amides is 7. The van der Waals surface area contributed by atoms with E-state index in [1.807, 2.05) is 109 Å². The van der Waals surface area contributed by atoms with Crippen molar-refractivity contribution in [2.24, 2.45) is 11.8 Å². The summed E-state index contributed by atoms with van der Waals surface area (Å²) in [5.74, 6) is 2.05. The predicted octanol–water partition coefficient (Wildman–Crippen LogP) is 15.2. The van der Waals surface area contributed by atoms with Gasteiger partial charge in [-0.05, 0) is 106 Å². The molecule has 0 radical (unpaired) electrons. The number of likely N-dealkylation sites (tertiary alicyclic amines) is 4. The van der Waals surface area contributed by atoms with Gasteiger partial charge in [0.15, 0.2) is 45.9 Å². The average Bonchev–Trinajstić information content (AvgIpc) is 1.62. The third-order valence-electron chi connectivity index (χ3n) is 26.1. The van der Waals surface area contributed by atoms with Gasteiger partial charge in [-0.3, -0.25) is 98.6 Å². The van der Waals surface area contributed by atoms with E-state index in [1.165, 1.54) is 0 Å². The lowest BCUT2D eigenvalue weighted by atomic mass is 10.1. The SMILES string of the molecule is CC(C)C(=O)Nc1cncc(-c2cnc3n[nH]c(-c4nc5c(C(=O)N6CCCC6)cncc5[nH]4)c3c2)c1.CC(C)CC(=O)Nc1cncc(-c2cnc3n[nH]c(-c4nc5c(C(=O)N6CCCC6)cncc5[nH]4)c3c2)c1.CCC(=O)Cc1ccc(-c2cnc3n[nH]c(-c4nc5c(C(=O)N6CCCC6)cncc5[nH]4)c3c2)cn1.CCC(=O)Nc1cncc(-c2cnc3n[nH]c(-c4nc5c(C(=O)N6CCCC6)cncc5[nH]4)c3c2)c1. The molecule has 11 N–H and O–H groups in total. The number of imidazole rings is 4. The van der Waals surface area contributed by atoms with Crippen molar-refractivity contribution >= 4 is 152 Å². The zero-order chi connectivity index (χ0) is 101. The maximum atomic E-state index is 13.1. The van der Waals surface area contributed by atoms with Crippen LogP contribution in [0.3, 0.4) is 0 Å². The molecule has 20 aromatic rings. The molecule has 4 aliphatic heterocycles. The van der Waals surface area contributed by atoms with Gasteiger partial charge in [0.2, 0.25) is 17.7 Å². The number of ketones is 1. The summed E-state index contributed by atoms with van der Waals surface area (Å²) in [6.45, 7) is 17.4. The number of Topliss-reactive ketones (excluding diaryl/α,β-unsaturated/α-hetero) is 1. The molecule has 147 heavy (non-hydrogen) atoms. The smallest absolute Gasteiger partial charge is 0.257 e. The number of nitrogens with one attached hydrogen (secondary N) is 11. The van der Waals surface area contributed by atoms with Gasteiger partial charge in [0.25, 0.3) is 23.6 Å². The molecule has 43 heteroatoms. The first kappa shape index (κ1) is 94.7. The minimum atomic E-state index is -0.139. The number of carbonyl (C=O) groups excluding carboxylic acids is 8. The molecule has 43 nitrogen and oxygen atoms in total. The van der Waals surface area contributed by atoms with Crippen molar-refractivity contribution in [3.8, 4) is 90.6 Å². The van der Waals surface area contributed by atoms with Crippen molar-refractivity contribution < 1.29 is 38.4 Å². The number of hydrogen-bond donors (Lipinski definition) is 11. The summed E-state index contributed by atoms with van der Waals surface area (Å²) in [4.78, 5) is 192. The Morgan fingerprint density at radius 2 is 0.612 bits per heavy atom. The van der Waals surface area contributed by atoms with Crippen molar-refractivity contribution in [3.63, 3.8) is 0 Å². The van der Waals surface area contributed by atoms with Crippen LogP contribution in [0.4, 0.5) is 17.1 Å². The number of aromatic nitrogens is 28. The fourth-order valence-corrected chi connectivity index (χ4v) is 18.3. The monoisotopic (exact) mass is 1970 g/mol. The zero-order valence-electron chi connectivity index (χ0n) is 81.0. The molecule has 0 saturated carbocycles. The van der Waals surface area contributed by atoms with E-state index in [2.05, 4.69) is 136 Å². The maximum absolute atomic E-state index is 13.1. The van der Waals surface area contributed by atoms with Gasteiger partial charge in [-0.15, -0.1) is 0 Å². The number of hydrogen-bond acceptors (Lipinski definition) is 28. The van der Waals surface area contributed by atoms with Crippen LogP contribution >= 0.6 is 0 Å². The Hall–Kier alpha value is -18.5. The van der Waals surface area contributed by atoms with Gasteiger partial charge < -0.3 is 55.5 Å². The normalized spacial score (nSPS) is 13.6. The summed E-state index contributed by atoms with van der Waals surface area (Å²) in [6, 6.07) is 17.2. The summed E-state index contributed by atoms with van der Waals surface area (Å²) in [5, 5.41) is 41.2. The highest BCUT2D eigenvalue weighted by Crippen LogP contribution is 2.38. The van der Waals surface area contributed by atoms with Gasteiger partial charge in [-0.25, -0.2) is 39.9 Å². The van der Waals surface area contributed by atoms with Crippen LogP contribution < -0.4 is 16.0 Å². The van der Waals surface area contributed by atoms with Crippen molar-refractivity contribution in [1.29, 1.82) is 0 Å². The quantitative estimate of drug-likeness (QED) is 0.0300. The summed E-state index contributed by atoms with van der Waals surface area (Å²) in [7, 11) is 0. The van der Waals surface area contributed by atoms with E-state index in [1.54, 1.807) is 125 Å². The first-order valence-corrected chi connectivity index (χ1v) is 48.8. The number of carbonyl (C=O) groups is 8. The van der Waals surface area contributed by atoms with E-state index in [9.17, 15) is 38.4 Å². The first-order chi connectivity index (χ1) is 71.6. The summed E-state index contributed by atoms with van der Waals surface area (Å²) in [5.41, 5.74) is 20.9. The van der Waals surface area contributed by atoms with Gasteiger partial charge in [-0.2, -0.15) is 20.4 Å². The molecule has 4 saturated heterocycles. The lowest BCUT2D eigenvalue weighted by Gasteiger charge is -2.14. The van der Waals surface area contributed by atoms with Crippen LogP contribution in [0.5, 0.6) is 0 Å². The molecule has 4 fully saturated rings. The number of nitrogens with zero attached hydrogens (tertiary/aromatic N) is 24. The fourth-order valence-electron chi connectivity index (χ4n) is 18.3. The molecule has 0 atom stereocenters. The Balaban J connectivity index is 0.000000115. The Labute approximate surface area is 836 Å². The zero-order valence-corrected chi connectivity index (χ0v) is 81.0. The highest BCUT2D eigenvalue weighted by atomic mass is 16.2. The second-order valence-corrected chi connectivity index (χ2v) is 37.1. The maximum Gasteiger partial charge on any atom is 0.257 e. The van der Waals surface area contributed by atoms with E-state index >= 15 is 0 Å². The number of aromatic amines is 8. The Morgan fingerprint density at radius 1 is 0.320 bits per heavy atom. The van der Waals surface area contributed by atoms with Crippen molar-refractivity contribution in [2.45, 2.75) is 119 Å². The molecule has 0 unspecified atom stereocenters. The molecule has 738 valence electrons. The van der Waals surface area contributed by atoms with E-state index in [0.29, 0.717) is 178 Å². The van der Waals surface area contributed by atoms with Crippen molar-refractivity contribution in [1.82, 2.24) is 160 Å². The van der Waals surface area contributed by atoms with E-state index in [-0.39, 0.29) is 59.0 Å². The molecule has 4 aliphatic rings. The van der Waals surface area contributed by atoms with Crippen LogP contribution in [-0.4, -0.2) is 260 Å². The highest BCUT2D eigenvalue weighted by molar-refractivity contribution is 6.10. The molecule has 20 aromatic heterocycles. The van der Waals surface area contributed by atoms with Crippen LogP contribution in [-0.2, 0) is 25.6 Å². The molecular formula is C104H99N35O8. The molecular weight excluding hydrogens is 1870 g/mol. The number of anilines is 3. The standard InChI is InChI=1S/C27H27N9O2.C26H25N9O2.C26H24N8O2.C25H23N9O2/c1-15(2)7-22(37)31-18-8-16(10-28-12-18)17-9-19-24(34-35-25(19)30-11-17)26-32-21-14-29-13-20(23(21)33-26)27(38)36-5-3-4-6-36;1-14(2)25(36)30-17-7-15(9-27-11-17)16-8-18-22(33-34-23(18)29-10-16)24-31-20-13-28-12-19(21(20)32-24)26(37)35-5-3-4-6-35;1-2-18(35)10-17-6-5-15(11-28-17)16-9-19-23(32-33-24(19)29-12-16)25-30-21-14-27-13-20(22(21)31-25)26(36)34-7-3-4-8-34;1-2-20(35)29-16-7-14(9-26-11-16)15-8-17-22(32-33-23(17)28-10-15)24-30-19-13-27-12-18(21(19)31-24)25(36)34-5-3-4-6-34/h8-15H,3-7H2,1-2H3,(H,31,37)(H,32,33)(H,30,34,35);7-14H,3-6H2,1-2H3,(H,30,36)(H,31,32)(H,29,33,34);5-6,9,11-14H,2-4,7-8,10H2,1H3,(H,30,31)(H,29,32,33);7-13H,2-6H2,1H3,(H,29,35)(H,30,31)(H,28,32,33). The molecule has 0 aromatic carbocycles. The minimum Gasteiger partial charge on any atom is -0.339 e. The van der Waals surface area contributed by atoms with Crippen molar-refractivity contribution in [2.75, 3.05) is 68.3 Å². The van der Waals surface area contributed by atoms with Crippen LogP contribution in [0, 0.1) is 11.8 Å². The van der Waals surface area contributed by atoms with Crippen LogP contribution in [0.25, 0.3) is 179 Å². The molecule has 0 bridgehead atoms. The second-order valence-electron chi connectivity index (χ2n) is 37.1. The van der Waals surface area contributed by atoms with Crippen LogP contribution in [0.2, 0.25) is 0 Å². The topological polar surface area (TPSA) is 570 Å².